The second kappa shape index (κ2) is 5.59. The van der Waals surface area contributed by atoms with Crippen LogP contribution in [0.3, 0.4) is 0 Å². The zero-order chi connectivity index (χ0) is 13.1. The Kier molecular flexibility index (Phi) is 4.09. The van der Waals surface area contributed by atoms with Crippen LogP contribution in [0.2, 0.25) is 5.02 Å². The molecule has 0 fully saturated rings. The molecule has 2 N–H and O–H groups in total. The molecule has 0 saturated carbocycles. The fraction of sp³-hybridized carbons (Fsp3) is 0.308. The molecule has 0 spiro atoms. The Balaban J connectivity index is 2.00. The van der Waals surface area contributed by atoms with Gasteiger partial charge in [-0.05, 0) is 18.1 Å². The smallest absolute Gasteiger partial charge is 0.140 e. The lowest BCUT2D eigenvalue weighted by Gasteiger charge is -2.05. The number of hydrogen-bond donors (Lipinski definition) is 1. The van der Waals surface area contributed by atoms with Crippen molar-refractivity contribution < 1.29 is 4.74 Å². The maximum Gasteiger partial charge on any atom is 0.140 e. The number of aromatic nitrogens is 1. The SMILES string of the molecule is CC(C)c1csc(COc2ccc(Cl)c(N)c2)n1. The van der Waals surface area contributed by atoms with Crippen molar-refractivity contribution in [2.24, 2.45) is 0 Å². The molecule has 18 heavy (non-hydrogen) atoms. The van der Waals surface area contributed by atoms with E-state index < -0.39 is 0 Å². The number of hydrogen-bond acceptors (Lipinski definition) is 4. The number of halogens is 1. The van der Waals surface area contributed by atoms with Gasteiger partial charge < -0.3 is 10.5 Å². The van der Waals surface area contributed by atoms with Gasteiger partial charge in [0.05, 0.1) is 16.4 Å². The summed E-state index contributed by atoms with van der Waals surface area (Å²) < 4.78 is 5.63. The molecule has 0 aliphatic heterocycles. The second-order valence-electron chi connectivity index (χ2n) is 4.29. The Morgan fingerprint density at radius 3 is 2.83 bits per heavy atom. The predicted octanol–water partition coefficient (Wildman–Crippen LogP) is 4.08. The van der Waals surface area contributed by atoms with E-state index in [4.69, 9.17) is 22.1 Å². The van der Waals surface area contributed by atoms with E-state index in [2.05, 4.69) is 24.2 Å². The minimum Gasteiger partial charge on any atom is -0.486 e. The van der Waals surface area contributed by atoms with Crippen LogP contribution in [0.5, 0.6) is 5.75 Å². The molecule has 0 aliphatic rings. The van der Waals surface area contributed by atoms with Crippen LogP contribution in [-0.2, 0) is 6.61 Å². The van der Waals surface area contributed by atoms with E-state index in [9.17, 15) is 0 Å². The Morgan fingerprint density at radius 2 is 2.22 bits per heavy atom. The van der Waals surface area contributed by atoms with Crippen LogP contribution in [0.15, 0.2) is 23.6 Å². The highest BCUT2D eigenvalue weighted by Crippen LogP contribution is 2.25. The van der Waals surface area contributed by atoms with E-state index in [1.54, 1.807) is 29.5 Å². The molecule has 0 amide bonds. The molecule has 0 atom stereocenters. The number of thiazole rings is 1. The molecule has 0 bridgehead atoms. The second-order valence-corrected chi connectivity index (χ2v) is 5.64. The normalized spacial score (nSPS) is 10.9. The van der Waals surface area contributed by atoms with Crippen LogP contribution in [0.4, 0.5) is 5.69 Å². The van der Waals surface area contributed by atoms with Crippen molar-refractivity contribution in [3.8, 4) is 5.75 Å². The monoisotopic (exact) mass is 282 g/mol. The van der Waals surface area contributed by atoms with Crippen molar-refractivity contribution in [3.63, 3.8) is 0 Å². The van der Waals surface area contributed by atoms with Crippen LogP contribution in [0.25, 0.3) is 0 Å². The lowest BCUT2D eigenvalue weighted by atomic mass is 10.2. The number of ether oxygens (including phenoxy) is 1. The number of benzene rings is 1. The van der Waals surface area contributed by atoms with Crippen molar-refractivity contribution >= 4 is 28.6 Å². The number of anilines is 1. The molecule has 96 valence electrons. The Hall–Kier alpha value is -1.26. The maximum absolute atomic E-state index is 5.85. The highest BCUT2D eigenvalue weighted by Gasteiger charge is 2.06. The largest absolute Gasteiger partial charge is 0.486 e. The Bertz CT molecular complexity index is 540. The van der Waals surface area contributed by atoms with Crippen molar-refractivity contribution in [2.45, 2.75) is 26.4 Å². The standard InChI is InChI=1S/C13H15ClN2OS/c1-8(2)12-7-18-13(16-12)6-17-9-3-4-10(14)11(15)5-9/h3-5,7-8H,6,15H2,1-2H3. The summed E-state index contributed by atoms with van der Waals surface area (Å²) in [7, 11) is 0. The van der Waals surface area contributed by atoms with E-state index in [-0.39, 0.29) is 0 Å². The predicted molar refractivity (Wildman–Crippen MR) is 76.4 cm³/mol. The van der Waals surface area contributed by atoms with Gasteiger partial charge in [0.1, 0.15) is 17.4 Å². The maximum atomic E-state index is 5.85. The van der Waals surface area contributed by atoms with Gasteiger partial charge in [-0.15, -0.1) is 11.3 Å². The van der Waals surface area contributed by atoms with Gasteiger partial charge in [0.25, 0.3) is 0 Å². The first-order chi connectivity index (χ1) is 8.56. The summed E-state index contributed by atoms with van der Waals surface area (Å²) in [5.74, 6) is 1.15. The van der Waals surface area contributed by atoms with Gasteiger partial charge in [0.15, 0.2) is 0 Å². The Morgan fingerprint density at radius 1 is 1.44 bits per heavy atom. The first-order valence-corrected chi connectivity index (χ1v) is 6.94. The zero-order valence-electron chi connectivity index (χ0n) is 10.3. The number of nitrogen functional groups attached to an aromatic ring is 1. The first-order valence-electron chi connectivity index (χ1n) is 5.68. The highest BCUT2D eigenvalue weighted by atomic mass is 35.5. The Labute approximate surface area is 116 Å². The molecular weight excluding hydrogens is 268 g/mol. The molecule has 1 aromatic carbocycles. The van der Waals surface area contributed by atoms with Crippen LogP contribution in [0, 0.1) is 0 Å². The molecule has 2 rings (SSSR count). The van der Waals surface area contributed by atoms with Gasteiger partial charge in [-0.2, -0.15) is 0 Å². The lowest BCUT2D eigenvalue weighted by molar-refractivity contribution is 0.305. The molecule has 0 saturated heterocycles. The molecule has 3 nitrogen and oxygen atoms in total. The van der Waals surface area contributed by atoms with Gasteiger partial charge in [-0.25, -0.2) is 4.98 Å². The van der Waals surface area contributed by atoms with E-state index in [0.717, 1.165) is 10.7 Å². The van der Waals surface area contributed by atoms with E-state index in [1.165, 1.54) is 0 Å². The highest BCUT2D eigenvalue weighted by molar-refractivity contribution is 7.09. The summed E-state index contributed by atoms with van der Waals surface area (Å²) in [5.41, 5.74) is 7.34. The summed E-state index contributed by atoms with van der Waals surface area (Å²) in [4.78, 5) is 4.50. The molecule has 1 aromatic heterocycles. The van der Waals surface area contributed by atoms with Gasteiger partial charge in [0.2, 0.25) is 0 Å². The van der Waals surface area contributed by atoms with Gasteiger partial charge in [0, 0.05) is 11.4 Å². The topological polar surface area (TPSA) is 48.1 Å². The summed E-state index contributed by atoms with van der Waals surface area (Å²) in [6, 6.07) is 5.25. The van der Waals surface area contributed by atoms with Crippen LogP contribution in [-0.4, -0.2) is 4.98 Å². The molecule has 0 unspecified atom stereocenters. The van der Waals surface area contributed by atoms with Crippen LogP contribution < -0.4 is 10.5 Å². The molecule has 5 heteroatoms. The fourth-order valence-corrected chi connectivity index (χ4v) is 2.40. The minimum absolute atomic E-state index is 0.446. The van der Waals surface area contributed by atoms with Gasteiger partial charge in [-0.1, -0.05) is 25.4 Å². The minimum atomic E-state index is 0.446. The summed E-state index contributed by atoms with van der Waals surface area (Å²) in [5, 5.41) is 3.57. The van der Waals surface area contributed by atoms with E-state index in [1.807, 2.05) is 0 Å². The first kappa shape index (κ1) is 13.2. The van der Waals surface area contributed by atoms with Crippen LogP contribution >= 0.6 is 22.9 Å². The third kappa shape index (κ3) is 3.15. The molecule has 1 heterocycles. The van der Waals surface area contributed by atoms with Crippen LogP contribution in [0.1, 0.15) is 30.5 Å². The van der Waals surface area contributed by atoms with E-state index >= 15 is 0 Å². The van der Waals surface area contributed by atoms with Crippen molar-refractivity contribution in [1.29, 1.82) is 0 Å². The third-order valence-electron chi connectivity index (χ3n) is 2.49. The average molecular weight is 283 g/mol. The average Bonchev–Trinajstić information content (AvgIpc) is 2.79. The fourth-order valence-electron chi connectivity index (χ4n) is 1.41. The van der Waals surface area contributed by atoms with E-state index in [0.29, 0.717) is 29.0 Å². The third-order valence-corrected chi connectivity index (χ3v) is 3.68. The summed E-state index contributed by atoms with van der Waals surface area (Å²) in [6.45, 7) is 4.71. The van der Waals surface area contributed by atoms with Crippen molar-refractivity contribution in [3.05, 3.63) is 39.3 Å². The summed E-state index contributed by atoms with van der Waals surface area (Å²) in [6.07, 6.45) is 0. The van der Waals surface area contributed by atoms with Gasteiger partial charge >= 0.3 is 0 Å². The molecule has 0 aliphatic carbocycles. The van der Waals surface area contributed by atoms with Gasteiger partial charge in [-0.3, -0.25) is 0 Å². The number of nitrogens with zero attached hydrogens (tertiary/aromatic N) is 1. The quantitative estimate of drug-likeness (QED) is 0.860. The number of rotatable bonds is 4. The lowest BCUT2D eigenvalue weighted by Crippen LogP contribution is -1.97. The number of nitrogens with two attached hydrogens (primary N) is 1. The molecular formula is C13H15ClN2OS. The molecule has 0 radical (unpaired) electrons. The summed E-state index contributed by atoms with van der Waals surface area (Å²) >= 11 is 7.46. The van der Waals surface area contributed by atoms with Crippen molar-refractivity contribution in [2.75, 3.05) is 5.73 Å². The van der Waals surface area contributed by atoms with Crippen molar-refractivity contribution in [1.82, 2.24) is 4.98 Å². The zero-order valence-corrected chi connectivity index (χ0v) is 11.9. The molecule has 2 aromatic rings.